The zero-order chi connectivity index (χ0) is 10.3. The van der Waals surface area contributed by atoms with E-state index in [2.05, 4.69) is 5.32 Å². The molecule has 4 nitrogen and oxygen atoms in total. The zero-order valence-electron chi connectivity index (χ0n) is 8.96. The van der Waals surface area contributed by atoms with Crippen molar-refractivity contribution in [1.29, 1.82) is 0 Å². The van der Waals surface area contributed by atoms with Gasteiger partial charge in [-0.1, -0.05) is 0 Å². The van der Waals surface area contributed by atoms with Crippen molar-refractivity contribution in [3.63, 3.8) is 0 Å². The van der Waals surface area contributed by atoms with E-state index >= 15 is 0 Å². The number of hydrogen-bond acceptors (Lipinski definition) is 3. The van der Waals surface area contributed by atoms with Crippen molar-refractivity contribution in [2.45, 2.75) is 38.8 Å². The highest BCUT2D eigenvalue weighted by molar-refractivity contribution is 5.70. The molecule has 0 aromatic rings. The number of fused-ring (bicyclic) bond motifs is 2. The fourth-order valence-corrected chi connectivity index (χ4v) is 1.90. The molecule has 79 valence electrons. The van der Waals surface area contributed by atoms with Gasteiger partial charge in [0.05, 0.1) is 6.04 Å². The number of piperazine rings is 1. The molecule has 14 heavy (non-hydrogen) atoms. The molecule has 2 heterocycles. The highest BCUT2D eigenvalue weighted by Gasteiger charge is 2.42. The Hall–Kier alpha value is -0.770. The van der Waals surface area contributed by atoms with E-state index in [9.17, 15) is 4.79 Å². The monoisotopic (exact) mass is 197 g/mol. The van der Waals surface area contributed by atoms with Gasteiger partial charge in [-0.15, -0.1) is 0 Å². The average molecular weight is 197 g/mol. The lowest BCUT2D eigenvalue weighted by atomic mass is 10.2. The zero-order valence-corrected chi connectivity index (χ0v) is 8.96. The van der Waals surface area contributed by atoms with Crippen molar-refractivity contribution in [1.82, 2.24) is 10.2 Å². The molecule has 2 aliphatic heterocycles. The first-order valence-electron chi connectivity index (χ1n) is 5.04. The molecule has 0 aromatic carbocycles. The number of hydrogen-bond donors (Lipinski definition) is 1. The first-order valence-corrected chi connectivity index (χ1v) is 5.04. The van der Waals surface area contributed by atoms with Crippen molar-refractivity contribution >= 4 is 6.09 Å². The molecule has 2 bridgehead atoms. The van der Waals surface area contributed by atoms with Crippen LogP contribution in [0.5, 0.6) is 0 Å². The highest BCUT2D eigenvalue weighted by atomic mass is 16.6. The quantitative estimate of drug-likeness (QED) is 0.633. The molecule has 2 saturated heterocycles. The molecule has 2 aliphatic rings. The van der Waals surface area contributed by atoms with E-state index in [4.69, 9.17) is 4.74 Å². The molecule has 2 fully saturated rings. The minimum absolute atomic E-state index is 0.181. The molecule has 1 N–H and O–H groups in total. The summed E-state index contributed by atoms with van der Waals surface area (Å²) in [6, 6.07) is 1.58. The second-order valence-electron chi connectivity index (χ2n) is 4.95. The topological polar surface area (TPSA) is 41.6 Å². The molecular formula is C10H17N2O2. The van der Waals surface area contributed by atoms with Crippen LogP contribution in [0.1, 0.15) is 27.2 Å². The third-order valence-electron chi connectivity index (χ3n) is 2.50. The maximum Gasteiger partial charge on any atom is 0.410 e. The Bertz CT molecular complexity index is 247. The lowest BCUT2D eigenvalue weighted by molar-refractivity contribution is 0.0215. The summed E-state index contributed by atoms with van der Waals surface area (Å²) in [5, 5.41) is 3.27. The number of nitrogens with zero attached hydrogens (tertiary/aromatic N) is 1. The highest BCUT2D eigenvalue weighted by Crippen LogP contribution is 2.29. The number of amides is 1. The Morgan fingerprint density at radius 1 is 1.57 bits per heavy atom. The van der Waals surface area contributed by atoms with Gasteiger partial charge >= 0.3 is 6.09 Å². The van der Waals surface area contributed by atoms with Gasteiger partial charge in [0.2, 0.25) is 0 Å². The SMILES string of the molecule is CC(C)(C)OC(=O)N1C[C]2C[C@@H]1CN2. The molecule has 0 aliphatic carbocycles. The molecular weight excluding hydrogens is 180 g/mol. The fraction of sp³-hybridized carbons (Fsp3) is 0.800. The number of ether oxygens (including phenoxy) is 1. The summed E-state index contributed by atoms with van der Waals surface area (Å²) in [6.07, 6.45) is 0.818. The maximum absolute atomic E-state index is 11.7. The second kappa shape index (κ2) is 3.12. The van der Waals surface area contributed by atoms with Gasteiger partial charge < -0.3 is 15.0 Å². The van der Waals surface area contributed by atoms with Gasteiger partial charge in [0.15, 0.2) is 0 Å². The first-order chi connectivity index (χ1) is 6.46. The molecule has 1 amide bonds. The van der Waals surface area contributed by atoms with E-state index in [-0.39, 0.29) is 6.09 Å². The standard InChI is InChI=1S/C10H17N2O2/c1-10(2,3)14-9(13)12-6-7-4-8(12)5-11-7/h8,11H,4-6H2,1-3H3/t8-/m1/s1. The van der Waals surface area contributed by atoms with Crippen LogP contribution in [-0.4, -0.2) is 35.7 Å². The Morgan fingerprint density at radius 3 is 2.71 bits per heavy atom. The average Bonchev–Trinajstić information content (AvgIpc) is 2.59. The maximum atomic E-state index is 11.7. The molecule has 1 radical (unpaired) electrons. The predicted molar refractivity (Wildman–Crippen MR) is 52.6 cm³/mol. The number of likely N-dealkylation sites (tertiary alicyclic amines) is 1. The van der Waals surface area contributed by atoms with Crippen molar-refractivity contribution in [3.8, 4) is 0 Å². The normalized spacial score (nSPS) is 27.1. The molecule has 2 rings (SSSR count). The predicted octanol–water partition coefficient (Wildman–Crippen LogP) is 1.13. The van der Waals surface area contributed by atoms with Crippen LogP contribution in [0.2, 0.25) is 0 Å². The van der Waals surface area contributed by atoms with Crippen molar-refractivity contribution in [3.05, 3.63) is 6.04 Å². The molecule has 0 spiro atoms. The van der Waals surface area contributed by atoms with Crippen LogP contribution in [-0.2, 0) is 4.74 Å². The first kappa shape index (κ1) is 9.77. The van der Waals surface area contributed by atoms with E-state index in [1.54, 1.807) is 0 Å². The molecule has 0 unspecified atom stereocenters. The van der Waals surface area contributed by atoms with E-state index in [0.29, 0.717) is 6.04 Å². The van der Waals surface area contributed by atoms with Gasteiger partial charge in [-0.2, -0.15) is 0 Å². The Balaban J connectivity index is 1.93. The van der Waals surface area contributed by atoms with Crippen molar-refractivity contribution < 1.29 is 9.53 Å². The van der Waals surface area contributed by atoms with Gasteiger partial charge in [0.1, 0.15) is 5.60 Å². The lowest BCUT2D eigenvalue weighted by Crippen LogP contribution is -2.46. The molecule has 4 heteroatoms. The van der Waals surface area contributed by atoms with Crippen LogP contribution in [0, 0.1) is 6.04 Å². The van der Waals surface area contributed by atoms with Gasteiger partial charge in [0.25, 0.3) is 0 Å². The number of carbonyl (C=O) groups is 1. The molecule has 0 aromatic heterocycles. The van der Waals surface area contributed by atoms with E-state index in [1.165, 1.54) is 6.04 Å². The van der Waals surface area contributed by atoms with Crippen LogP contribution in [0.4, 0.5) is 4.79 Å². The van der Waals surface area contributed by atoms with Crippen LogP contribution in [0.15, 0.2) is 0 Å². The van der Waals surface area contributed by atoms with E-state index in [1.807, 2.05) is 25.7 Å². The smallest absolute Gasteiger partial charge is 0.410 e. The summed E-state index contributed by atoms with van der Waals surface area (Å²) in [6.45, 7) is 7.29. The summed E-state index contributed by atoms with van der Waals surface area (Å²) >= 11 is 0. The Kier molecular flexibility index (Phi) is 2.18. The van der Waals surface area contributed by atoms with Crippen LogP contribution < -0.4 is 5.32 Å². The van der Waals surface area contributed by atoms with Gasteiger partial charge in [-0.05, 0) is 27.2 Å². The third-order valence-corrected chi connectivity index (χ3v) is 2.50. The van der Waals surface area contributed by atoms with E-state index < -0.39 is 5.60 Å². The Labute approximate surface area is 84.6 Å². The number of rotatable bonds is 0. The second-order valence-corrected chi connectivity index (χ2v) is 4.95. The van der Waals surface area contributed by atoms with E-state index in [0.717, 1.165) is 19.5 Å². The number of nitrogens with one attached hydrogen (secondary N) is 1. The summed E-state index contributed by atoms with van der Waals surface area (Å²) in [5.41, 5.74) is -0.392. The fourth-order valence-electron chi connectivity index (χ4n) is 1.90. The van der Waals surface area contributed by atoms with Crippen molar-refractivity contribution in [2.75, 3.05) is 13.1 Å². The van der Waals surface area contributed by atoms with Gasteiger partial charge in [-0.3, -0.25) is 0 Å². The largest absolute Gasteiger partial charge is 0.444 e. The minimum Gasteiger partial charge on any atom is -0.444 e. The van der Waals surface area contributed by atoms with Gasteiger partial charge in [0, 0.05) is 19.1 Å². The number of carbonyl (C=O) groups excluding carboxylic acids is 1. The summed E-state index contributed by atoms with van der Waals surface area (Å²) < 4.78 is 5.32. The van der Waals surface area contributed by atoms with Crippen LogP contribution >= 0.6 is 0 Å². The summed E-state index contributed by atoms with van der Waals surface area (Å²) in [4.78, 5) is 13.5. The van der Waals surface area contributed by atoms with Crippen molar-refractivity contribution in [2.24, 2.45) is 0 Å². The van der Waals surface area contributed by atoms with Crippen LogP contribution in [0.3, 0.4) is 0 Å². The molecule has 0 saturated carbocycles. The van der Waals surface area contributed by atoms with Crippen LogP contribution in [0.25, 0.3) is 0 Å². The summed E-state index contributed by atoms with van der Waals surface area (Å²) in [7, 11) is 0. The Morgan fingerprint density at radius 2 is 2.29 bits per heavy atom. The minimum atomic E-state index is -0.392. The summed E-state index contributed by atoms with van der Waals surface area (Å²) in [5.74, 6) is 0. The third kappa shape index (κ3) is 1.85. The lowest BCUT2D eigenvalue weighted by Gasteiger charge is -2.30. The molecule has 1 atom stereocenters. The van der Waals surface area contributed by atoms with Gasteiger partial charge in [-0.25, -0.2) is 4.79 Å².